The zero-order chi connectivity index (χ0) is 26.5. The average molecular weight is 550 g/mol. The van der Waals surface area contributed by atoms with E-state index in [9.17, 15) is 13.2 Å². The van der Waals surface area contributed by atoms with Crippen LogP contribution in [0, 0.1) is 5.92 Å². The van der Waals surface area contributed by atoms with Gasteiger partial charge in [0.2, 0.25) is 11.9 Å². The van der Waals surface area contributed by atoms with E-state index in [2.05, 4.69) is 35.1 Å². The molecule has 0 atom stereocenters. The third-order valence-electron chi connectivity index (χ3n) is 6.20. The maximum absolute atomic E-state index is 12.8. The predicted molar refractivity (Wildman–Crippen MR) is 145 cm³/mol. The van der Waals surface area contributed by atoms with E-state index < -0.39 is 10.0 Å². The highest BCUT2D eigenvalue weighted by molar-refractivity contribution is 7.92. The van der Waals surface area contributed by atoms with Crippen molar-refractivity contribution in [3.05, 3.63) is 84.1 Å². The number of nitrogens with one attached hydrogen (secondary N) is 2. The molecule has 38 heavy (non-hydrogen) atoms. The molecule has 1 fully saturated rings. The molecule has 12 heteroatoms. The van der Waals surface area contributed by atoms with E-state index >= 15 is 0 Å². The number of sulfonamides is 1. The van der Waals surface area contributed by atoms with Crippen molar-refractivity contribution in [1.82, 2.24) is 20.2 Å². The number of halogens is 1. The Hall–Kier alpha value is -4.09. The maximum Gasteiger partial charge on any atom is 0.264 e. The molecule has 194 valence electrons. The van der Waals surface area contributed by atoms with Gasteiger partial charge in [0.15, 0.2) is 5.82 Å². The molecular weight excluding hydrogens is 526 g/mol. The van der Waals surface area contributed by atoms with Gasteiger partial charge in [-0.25, -0.2) is 23.1 Å². The first-order valence-corrected chi connectivity index (χ1v) is 13.8. The fraction of sp³-hybridized carbons (Fsp3) is 0.192. The standard InChI is InChI=1S/C26H24ClN7O3S/c27-20-4-2-18(3-5-20)23-10-11-24(32-31-23)34-16-12-19(13-17-34)25(35)30-21-6-8-22(9-7-21)38(36,37)33-26-28-14-1-15-29-26/h1-11,14-15,19H,12-13,16-17H2,(H,30,35)(H,28,29,33). The summed E-state index contributed by atoms with van der Waals surface area (Å²) in [5, 5.41) is 12.3. The van der Waals surface area contributed by atoms with E-state index in [-0.39, 0.29) is 22.7 Å². The summed E-state index contributed by atoms with van der Waals surface area (Å²) in [5.41, 5.74) is 2.23. The zero-order valence-corrected chi connectivity index (χ0v) is 21.7. The fourth-order valence-corrected chi connectivity index (χ4v) is 5.22. The minimum atomic E-state index is -3.84. The van der Waals surface area contributed by atoms with Crippen molar-refractivity contribution >= 4 is 45.0 Å². The van der Waals surface area contributed by atoms with Crippen LogP contribution in [0.1, 0.15) is 12.8 Å². The number of rotatable bonds is 7. The second-order valence-corrected chi connectivity index (χ2v) is 10.9. The van der Waals surface area contributed by atoms with Crippen molar-refractivity contribution in [1.29, 1.82) is 0 Å². The van der Waals surface area contributed by atoms with Crippen molar-refractivity contribution in [2.45, 2.75) is 17.7 Å². The summed E-state index contributed by atoms with van der Waals surface area (Å²) in [4.78, 5) is 22.7. The Kier molecular flexibility index (Phi) is 7.47. The number of carbonyl (C=O) groups is 1. The Balaban J connectivity index is 1.14. The van der Waals surface area contributed by atoms with Gasteiger partial charge < -0.3 is 10.2 Å². The van der Waals surface area contributed by atoms with E-state index in [4.69, 9.17) is 11.6 Å². The molecule has 0 saturated carbocycles. The van der Waals surface area contributed by atoms with E-state index in [0.717, 1.165) is 17.1 Å². The van der Waals surface area contributed by atoms with Crippen LogP contribution in [0.15, 0.2) is 84.0 Å². The van der Waals surface area contributed by atoms with E-state index in [1.54, 1.807) is 18.2 Å². The number of hydrogen-bond acceptors (Lipinski definition) is 8. The number of carbonyl (C=O) groups excluding carboxylic acids is 1. The first kappa shape index (κ1) is 25.6. The van der Waals surface area contributed by atoms with Gasteiger partial charge in [-0.15, -0.1) is 10.2 Å². The lowest BCUT2D eigenvalue weighted by Gasteiger charge is -2.31. The van der Waals surface area contributed by atoms with Crippen LogP contribution in [0.25, 0.3) is 11.3 Å². The average Bonchev–Trinajstić information content (AvgIpc) is 2.94. The molecule has 0 bridgehead atoms. The summed E-state index contributed by atoms with van der Waals surface area (Å²) in [5.74, 6) is 0.501. The summed E-state index contributed by atoms with van der Waals surface area (Å²) in [7, 11) is -3.84. The van der Waals surface area contributed by atoms with Crippen LogP contribution in [0.3, 0.4) is 0 Å². The molecule has 0 radical (unpaired) electrons. The topological polar surface area (TPSA) is 130 Å². The summed E-state index contributed by atoms with van der Waals surface area (Å²) >= 11 is 5.95. The summed E-state index contributed by atoms with van der Waals surface area (Å²) in [6, 6.07) is 18.9. The highest BCUT2D eigenvalue weighted by Gasteiger charge is 2.26. The molecule has 10 nitrogen and oxygen atoms in total. The van der Waals surface area contributed by atoms with Gasteiger partial charge in [-0.1, -0.05) is 23.7 Å². The molecule has 0 spiro atoms. The molecular formula is C26H24ClN7O3S. The lowest BCUT2D eigenvalue weighted by molar-refractivity contribution is -0.120. The predicted octanol–water partition coefficient (Wildman–Crippen LogP) is 4.24. The number of amides is 1. The summed E-state index contributed by atoms with van der Waals surface area (Å²) in [6.45, 7) is 1.36. The van der Waals surface area contributed by atoms with Crippen LogP contribution in [0.2, 0.25) is 5.02 Å². The van der Waals surface area contributed by atoms with Crippen molar-refractivity contribution in [2.24, 2.45) is 5.92 Å². The van der Waals surface area contributed by atoms with Crippen molar-refractivity contribution in [3.8, 4) is 11.3 Å². The molecule has 0 unspecified atom stereocenters. The Morgan fingerprint density at radius 3 is 2.21 bits per heavy atom. The van der Waals surface area contributed by atoms with Crippen LogP contribution in [0.5, 0.6) is 0 Å². The van der Waals surface area contributed by atoms with Gasteiger partial charge in [0, 0.05) is 47.7 Å². The quantitative estimate of drug-likeness (QED) is 0.350. The summed E-state index contributed by atoms with van der Waals surface area (Å²) in [6.07, 6.45) is 4.22. The molecule has 4 aromatic rings. The molecule has 1 saturated heterocycles. The minimum Gasteiger partial charge on any atom is -0.355 e. The molecule has 2 N–H and O–H groups in total. The molecule has 0 aliphatic carbocycles. The van der Waals surface area contributed by atoms with Crippen LogP contribution in [-0.2, 0) is 14.8 Å². The largest absolute Gasteiger partial charge is 0.355 e. The fourth-order valence-electron chi connectivity index (χ4n) is 4.13. The first-order chi connectivity index (χ1) is 18.4. The SMILES string of the molecule is O=C(Nc1ccc(S(=O)(=O)Nc2ncccn2)cc1)C1CCN(c2ccc(-c3ccc(Cl)cc3)nn2)CC1. The van der Waals surface area contributed by atoms with Crippen molar-refractivity contribution < 1.29 is 13.2 Å². The van der Waals surface area contributed by atoms with E-state index in [1.165, 1.54) is 24.5 Å². The normalized spacial score (nSPS) is 14.2. The Labute approximate surface area is 225 Å². The van der Waals surface area contributed by atoms with E-state index in [0.29, 0.717) is 36.6 Å². The first-order valence-electron chi connectivity index (χ1n) is 11.9. The maximum atomic E-state index is 12.8. The van der Waals surface area contributed by atoms with Crippen molar-refractivity contribution in [2.75, 3.05) is 28.0 Å². The lowest BCUT2D eigenvalue weighted by atomic mass is 9.96. The van der Waals surface area contributed by atoms with Gasteiger partial charge in [0.05, 0.1) is 10.6 Å². The summed E-state index contributed by atoms with van der Waals surface area (Å²) < 4.78 is 27.4. The van der Waals surface area contributed by atoms with Crippen LogP contribution < -0.4 is 14.9 Å². The van der Waals surface area contributed by atoms with Crippen LogP contribution in [-0.4, -0.2) is 47.6 Å². The van der Waals surface area contributed by atoms with Gasteiger partial charge in [-0.3, -0.25) is 4.79 Å². The number of nitrogens with zero attached hydrogens (tertiary/aromatic N) is 5. The number of piperidine rings is 1. The molecule has 1 aliphatic rings. The molecule has 5 rings (SSSR count). The van der Waals surface area contributed by atoms with Crippen molar-refractivity contribution in [3.63, 3.8) is 0 Å². The number of anilines is 3. The molecule has 1 aliphatic heterocycles. The lowest BCUT2D eigenvalue weighted by Crippen LogP contribution is -2.38. The smallest absolute Gasteiger partial charge is 0.264 e. The van der Waals surface area contributed by atoms with Gasteiger partial charge in [0.25, 0.3) is 10.0 Å². The van der Waals surface area contributed by atoms with Gasteiger partial charge in [0.1, 0.15) is 0 Å². The highest BCUT2D eigenvalue weighted by Crippen LogP contribution is 2.25. The third-order valence-corrected chi connectivity index (χ3v) is 7.80. The van der Waals surface area contributed by atoms with Crippen LogP contribution in [0.4, 0.5) is 17.5 Å². The minimum absolute atomic E-state index is 0.0142. The third kappa shape index (κ3) is 6.06. The molecule has 1 amide bonds. The van der Waals surface area contributed by atoms with Gasteiger partial charge >= 0.3 is 0 Å². The second-order valence-electron chi connectivity index (χ2n) is 8.74. The number of aromatic nitrogens is 4. The number of hydrogen-bond donors (Lipinski definition) is 2. The Morgan fingerprint density at radius 2 is 1.58 bits per heavy atom. The monoisotopic (exact) mass is 549 g/mol. The molecule has 3 heterocycles. The molecule has 2 aromatic heterocycles. The van der Waals surface area contributed by atoms with Gasteiger partial charge in [-0.2, -0.15) is 0 Å². The van der Waals surface area contributed by atoms with E-state index in [1.807, 2.05) is 36.4 Å². The number of benzene rings is 2. The highest BCUT2D eigenvalue weighted by atomic mass is 35.5. The zero-order valence-electron chi connectivity index (χ0n) is 20.2. The van der Waals surface area contributed by atoms with Gasteiger partial charge in [-0.05, 0) is 67.4 Å². The van der Waals surface area contributed by atoms with Crippen LogP contribution >= 0.6 is 11.6 Å². The second kappa shape index (κ2) is 11.1. The Morgan fingerprint density at radius 1 is 0.895 bits per heavy atom. The Bertz CT molecular complexity index is 1490. The molecule has 2 aromatic carbocycles.